The van der Waals surface area contributed by atoms with Gasteiger partial charge in [-0.2, -0.15) is 0 Å². The summed E-state index contributed by atoms with van der Waals surface area (Å²) in [6.45, 7) is 3.59. The van der Waals surface area contributed by atoms with Gasteiger partial charge >= 0.3 is 0 Å². The molecule has 0 spiro atoms. The predicted molar refractivity (Wildman–Crippen MR) is 79.5 cm³/mol. The number of phenolic OH excluding ortho intramolecular Hbond substituents is 1. The van der Waals surface area contributed by atoms with Crippen LogP contribution in [0.1, 0.15) is 23.7 Å². The zero-order valence-corrected chi connectivity index (χ0v) is 12.6. The number of aromatic hydroxyl groups is 1. The molecule has 0 unspecified atom stereocenters. The normalized spacial score (nSPS) is 10.7. The molecule has 1 aromatic carbocycles. The van der Waals surface area contributed by atoms with Gasteiger partial charge in [0, 0.05) is 25.7 Å². The van der Waals surface area contributed by atoms with E-state index < -0.39 is 10.8 Å². The second-order valence-electron chi connectivity index (χ2n) is 5.05. The Hall–Kier alpha value is -2.15. The smallest absolute Gasteiger partial charge is 0.282 e. The summed E-state index contributed by atoms with van der Waals surface area (Å²) in [4.78, 5) is 26.4. The Bertz CT molecular complexity index is 517. The van der Waals surface area contributed by atoms with Crippen molar-refractivity contribution in [3.05, 3.63) is 33.9 Å². The lowest BCUT2D eigenvalue weighted by atomic mass is 10.1. The minimum absolute atomic E-state index is 0.0767. The first kappa shape index (κ1) is 16.9. The van der Waals surface area contributed by atoms with Crippen molar-refractivity contribution in [1.29, 1.82) is 0 Å². The topological polar surface area (TPSA) is 86.9 Å². The number of carbonyl (C=O) groups is 1. The molecule has 0 aromatic heterocycles. The van der Waals surface area contributed by atoms with Gasteiger partial charge in [0.25, 0.3) is 11.6 Å². The largest absolute Gasteiger partial charge is 0.508 e. The molecular weight excluding hydrogens is 274 g/mol. The summed E-state index contributed by atoms with van der Waals surface area (Å²) >= 11 is 0. The van der Waals surface area contributed by atoms with Crippen molar-refractivity contribution < 1.29 is 14.8 Å². The Kier molecular flexibility index (Phi) is 6.10. The van der Waals surface area contributed by atoms with Crippen LogP contribution in [0.25, 0.3) is 0 Å². The molecule has 0 fully saturated rings. The van der Waals surface area contributed by atoms with Crippen LogP contribution in [-0.4, -0.2) is 59.5 Å². The van der Waals surface area contributed by atoms with Gasteiger partial charge in [-0.15, -0.1) is 0 Å². The van der Waals surface area contributed by atoms with Gasteiger partial charge in [0.2, 0.25) is 0 Å². The average molecular weight is 295 g/mol. The summed E-state index contributed by atoms with van der Waals surface area (Å²) in [5, 5.41) is 20.5. The highest BCUT2D eigenvalue weighted by molar-refractivity contribution is 5.98. The minimum Gasteiger partial charge on any atom is -0.508 e. The molecule has 0 atom stereocenters. The van der Waals surface area contributed by atoms with E-state index in [1.807, 2.05) is 25.9 Å². The van der Waals surface area contributed by atoms with E-state index in [1.165, 1.54) is 6.07 Å². The van der Waals surface area contributed by atoms with Gasteiger partial charge < -0.3 is 14.9 Å². The molecule has 1 N–H and O–H groups in total. The number of phenols is 1. The van der Waals surface area contributed by atoms with Crippen LogP contribution in [0, 0.1) is 10.1 Å². The second-order valence-corrected chi connectivity index (χ2v) is 5.05. The number of rotatable bonds is 7. The van der Waals surface area contributed by atoms with Gasteiger partial charge in [0.1, 0.15) is 11.3 Å². The number of hydrogen-bond donors (Lipinski definition) is 1. The van der Waals surface area contributed by atoms with Crippen molar-refractivity contribution in [2.75, 3.05) is 33.7 Å². The van der Waals surface area contributed by atoms with E-state index in [0.717, 1.165) is 18.6 Å². The average Bonchev–Trinajstić information content (AvgIpc) is 2.42. The summed E-state index contributed by atoms with van der Waals surface area (Å²) in [6, 6.07) is 3.51. The molecule has 1 aromatic rings. The zero-order valence-electron chi connectivity index (χ0n) is 12.6. The van der Waals surface area contributed by atoms with Crippen LogP contribution in [0.15, 0.2) is 18.2 Å². The third-order valence-corrected chi connectivity index (χ3v) is 3.01. The van der Waals surface area contributed by atoms with Crippen LogP contribution in [0.5, 0.6) is 5.75 Å². The highest BCUT2D eigenvalue weighted by Crippen LogP contribution is 2.24. The van der Waals surface area contributed by atoms with Crippen LogP contribution >= 0.6 is 0 Å². The van der Waals surface area contributed by atoms with E-state index in [0.29, 0.717) is 19.6 Å². The Labute approximate surface area is 123 Å². The molecule has 0 aliphatic carbocycles. The van der Waals surface area contributed by atoms with E-state index in [9.17, 15) is 20.0 Å². The minimum atomic E-state index is -0.608. The molecule has 0 aliphatic rings. The lowest BCUT2D eigenvalue weighted by Crippen LogP contribution is -2.37. The fraction of sp³-hybridized carbons (Fsp3) is 0.500. The van der Waals surface area contributed by atoms with E-state index in [2.05, 4.69) is 0 Å². The van der Waals surface area contributed by atoms with Crippen LogP contribution in [0.4, 0.5) is 5.69 Å². The third kappa shape index (κ3) is 4.71. The number of benzene rings is 1. The Balaban J connectivity index is 3.07. The van der Waals surface area contributed by atoms with E-state index in [-0.39, 0.29) is 17.0 Å². The van der Waals surface area contributed by atoms with E-state index >= 15 is 0 Å². The molecule has 1 amide bonds. The number of hydrogen-bond acceptors (Lipinski definition) is 5. The quantitative estimate of drug-likeness (QED) is 0.611. The number of likely N-dealkylation sites (N-methyl/N-ethyl adjacent to an activating group) is 1. The van der Waals surface area contributed by atoms with Crippen LogP contribution in [-0.2, 0) is 0 Å². The van der Waals surface area contributed by atoms with Crippen molar-refractivity contribution in [2.24, 2.45) is 0 Å². The molecule has 0 saturated carbocycles. The fourth-order valence-electron chi connectivity index (χ4n) is 1.93. The molecular formula is C14H21N3O4. The molecule has 0 aliphatic heterocycles. The van der Waals surface area contributed by atoms with Gasteiger partial charge in [-0.05, 0) is 32.6 Å². The molecule has 0 heterocycles. The van der Waals surface area contributed by atoms with Crippen molar-refractivity contribution in [2.45, 2.75) is 13.3 Å². The summed E-state index contributed by atoms with van der Waals surface area (Å²) in [7, 11) is 3.79. The van der Waals surface area contributed by atoms with Crippen LogP contribution in [0.3, 0.4) is 0 Å². The highest BCUT2D eigenvalue weighted by atomic mass is 16.6. The standard InChI is InChI=1S/C14H21N3O4/c1-4-7-16(9-8-15(2)3)14(19)12-10-11(18)5-6-13(12)17(20)21/h5-6,10,18H,4,7-9H2,1-3H3. The van der Waals surface area contributed by atoms with Crippen molar-refractivity contribution in [3.63, 3.8) is 0 Å². The maximum absolute atomic E-state index is 12.5. The molecule has 116 valence electrons. The lowest BCUT2D eigenvalue weighted by Gasteiger charge is -2.24. The SMILES string of the molecule is CCCN(CCN(C)C)C(=O)c1cc(O)ccc1[N+](=O)[O-]. The number of amides is 1. The van der Waals surface area contributed by atoms with Gasteiger partial charge in [-0.1, -0.05) is 6.92 Å². The number of carbonyl (C=O) groups excluding carboxylic acids is 1. The Morgan fingerprint density at radius 2 is 1.95 bits per heavy atom. The number of nitro benzene ring substituents is 1. The first-order valence-corrected chi connectivity index (χ1v) is 6.78. The third-order valence-electron chi connectivity index (χ3n) is 3.01. The molecule has 0 radical (unpaired) electrons. The first-order valence-electron chi connectivity index (χ1n) is 6.78. The zero-order chi connectivity index (χ0) is 16.0. The Morgan fingerprint density at radius 1 is 1.29 bits per heavy atom. The maximum Gasteiger partial charge on any atom is 0.282 e. The van der Waals surface area contributed by atoms with Gasteiger partial charge in [-0.3, -0.25) is 14.9 Å². The van der Waals surface area contributed by atoms with Gasteiger partial charge in [0.15, 0.2) is 0 Å². The lowest BCUT2D eigenvalue weighted by molar-refractivity contribution is -0.385. The Morgan fingerprint density at radius 3 is 2.48 bits per heavy atom. The summed E-state index contributed by atoms with van der Waals surface area (Å²) in [5.41, 5.74) is -0.365. The van der Waals surface area contributed by atoms with Crippen molar-refractivity contribution >= 4 is 11.6 Å². The molecule has 21 heavy (non-hydrogen) atoms. The number of nitro groups is 1. The molecule has 0 saturated heterocycles. The second kappa shape index (κ2) is 7.58. The van der Waals surface area contributed by atoms with E-state index in [4.69, 9.17) is 0 Å². The fourth-order valence-corrected chi connectivity index (χ4v) is 1.93. The summed E-state index contributed by atoms with van der Waals surface area (Å²) in [5.74, 6) is -0.589. The molecule has 1 rings (SSSR count). The molecule has 7 heteroatoms. The van der Waals surface area contributed by atoms with E-state index in [1.54, 1.807) is 4.90 Å². The summed E-state index contributed by atoms with van der Waals surface area (Å²) in [6.07, 6.45) is 0.756. The monoisotopic (exact) mass is 295 g/mol. The van der Waals surface area contributed by atoms with Crippen LogP contribution in [0.2, 0.25) is 0 Å². The highest BCUT2D eigenvalue weighted by Gasteiger charge is 2.24. The molecule has 7 nitrogen and oxygen atoms in total. The first-order chi connectivity index (χ1) is 9.86. The maximum atomic E-state index is 12.5. The van der Waals surface area contributed by atoms with Crippen molar-refractivity contribution in [1.82, 2.24) is 9.80 Å². The summed E-state index contributed by atoms with van der Waals surface area (Å²) < 4.78 is 0. The van der Waals surface area contributed by atoms with Gasteiger partial charge in [-0.25, -0.2) is 0 Å². The van der Waals surface area contributed by atoms with Crippen LogP contribution < -0.4 is 0 Å². The molecule has 0 bridgehead atoms. The van der Waals surface area contributed by atoms with Gasteiger partial charge in [0.05, 0.1) is 4.92 Å². The number of nitrogens with zero attached hydrogens (tertiary/aromatic N) is 3. The predicted octanol–water partition coefficient (Wildman–Crippen LogP) is 1.71. The van der Waals surface area contributed by atoms with Crippen molar-refractivity contribution in [3.8, 4) is 5.75 Å².